The van der Waals surface area contributed by atoms with Gasteiger partial charge in [0.1, 0.15) is 5.82 Å². The van der Waals surface area contributed by atoms with Crippen LogP contribution in [0.4, 0.5) is 12.9 Å². The summed E-state index contributed by atoms with van der Waals surface area (Å²) < 4.78 is 37.0. The third-order valence-electron chi connectivity index (χ3n) is 1.52. The highest BCUT2D eigenvalue weighted by molar-refractivity contribution is 6.57. The number of hydrogen-bond donors (Lipinski definition) is 0. The first kappa shape index (κ1) is 9.16. The van der Waals surface area contributed by atoms with Crippen molar-refractivity contribution in [3.63, 3.8) is 0 Å². The van der Waals surface area contributed by atoms with E-state index in [1.54, 1.807) is 6.92 Å². The molecule has 0 atom stereocenters. The van der Waals surface area contributed by atoms with Crippen molar-refractivity contribution in [2.75, 3.05) is 0 Å². The Morgan fingerprint density at radius 3 is 2.67 bits per heavy atom. The maximum absolute atomic E-state index is 11.9. The summed E-state index contributed by atoms with van der Waals surface area (Å²) in [5, 5.41) is 0. The second-order valence-electron chi connectivity index (χ2n) is 2.56. The van der Waals surface area contributed by atoms with E-state index in [4.69, 9.17) is 0 Å². The Hall–Kier alpha value is -0.935. The molecule has 0 saturated heterocycles. The van der Waals surface area contributed by atoms with Crippen LogP contribution in [0.1, 0.15) is 12.7 Å². The zero-order valence-electron chi connectivity index (χ0n) is 6.67. The van der Waals surface area contributed by atoms with Gasteiger partial charge in [0.25, 0.3) is 0 Å². The van der Waals surface area contributed by atoms with Crippen molar-refractivity contribution < 1.29 is 12.9 Å². The number of halogens is 3. The van der Waals surface area contributed by atoms with E-state index in [9.17, 15) is 12.9 Å². The molecule has 1 rings (SSSR count). The van der Waals surface area contributed by atoms with Gasteiger partial charge in [0.15, 0.2) is 0 Å². The van der Waals surface area contributed by atoms with Crippen LogP contribution in [-0.4, -0.2) is 16.5 Å². The normalized spacial score (nSPS) is 12.0. The highest BCUT2D eigenvalue weighted by Gasteiger charge is 2.24. The fourth-order valence-corrected chi connectivity index (χ4v) is 1.04. The first-order chi connectivity index (χ1) is 5.53. The topological polar surface area (TPSA) is 17.8 Å². The minimum Gasteiger partial charge on any atom is -0.448 e. The lowest BCUT2D eigenvalue weighted by atomic mass is 9.92. The van der Waals surface area contributed by atoms with Crippen molar-refractivity contribution in [1.29, 1.82) is 0 Å². The van der Waals surface area contributed by atoms with Crippen molar-refractivity contribution in [2.24, 2.45) is 0 Å². The van der Waals surface area contributed by atoms with Crippen LogP contribution >= 0.6 is 0 Å². The molecule has 0 aliphatic carbocycles. The predicted octanol–water partition coefficient (Wildman–Crippen LogP) is 1.83. The molecular weight excluding hydrogens is 168 g/mol. The Balaban J connectivity index is 2.75. The minimum atomic E-state index is -4.76. The zero-order chi connectivity index (χ0) is 9.19. The van der Waals surface area contributed by atoms with E-state index in [2.05, 4.69) is 4.98 Å². The van der Waals surface area contributed by atoms with Gasteiger partial charge >= 0.3 is 6.98 Å². The molecule has 68 valence electrons. The zero-order valence-corrected chi connectivity index (χ0v) is 6.67. The standard InChI is InChI=1S/C6H9BF3N2/c1-2-6-11-3-4-12(6)5-7(8,9)10/h3-4H,2,5H2,1H3/q-1. The molecule has 0 amide bonds. The molecular formula is C6H9BF3N2-. The quantitative estimate of drug-likeness (QED) is 0.644. The highest BCUT2D eigenvalue weighted by atomic mass is 19.4. The maximum Gasteiger partial charge on any atom is 0.497 e. The summed E-state index contributed by atoms with van der Waals surface area (Å²) in [6.45, 7) is -2.98. The molecule has 1 aromatic heterocycles. The molecule has 0 bridgehead atoms. The molecule has 0 radical (unpaired) electrons. The molecule has 0 saturated carbocycles. The predicted molar refractivity (Wildman–Crippen MR) is 40.7 cm³/mol. The van der Waals surface area contributed by atoms with E-state index in [1.165, 1.54) is 12.4 Å². The summed E-state index contributed by atoms with van der Waals surface area (Å²) in [6, 6.07) is 0. The van der Waals surface area contributed by atoms with Crippen molar-refractivity contribution in [2.45, 2.75) is 19.8 Å². The summed E-state index contributed by atoms with van der Waals surface area (Å²) in [4.78, 5) is 3.79. The van der Waals surface area contributed by atoms with E-state index < -0.39 is 13.4 Å². The number of hydrogen-bond acceptors (Lipinski definition) is 1. The molecule has 2 nitrogen and oxygen atoms in total. The average molecular weight is 177 g/mol. The minimum absolute atomic E-state index is 0.481. The summed E-state index contributed by atoms with van der Waals surface area (Å²) >= 11 is 0. The number of nitrogens with zero attached hydrogens (tertiary/aromatic N) is 2. The van der Waals surface area contributed by atoms with Gasteiger partial charge in [-0.2, -0.15) is 0 Å². The van der Waals surface area contributed by atoms with Gasteiger partial charge < -0.3 is 17.5 Å². The van der Waals surface area contributed by atoms with Crippen LogP contribution < -0.4 is 0 Å². The molecule has 0 aliphatic rings. The number of imidazole rings is 1. The fourth-order valence-electron chi connectivity index (χ4n) is 1.04. The Labute approximate surface area is 68.5 Å². The number of aromatic nitrogens is 2. The maximum atomic E-state index is 11.9. The van der Waals surface area contributed by atoms with Crippen LogP contribution in [0.5, 0.6) is 0 Å². The summed E-state index contributed by atoms with van der Waals surface area (Å²) in [5.41, 5.74) is 0. The van der Waals surface area contributed by atoms with Crippen molar-refractivity contribution in [1.82, 2.24) is 9.55 Å². The Bertz CT molecular complexity index is 256. The summed E-state index contributed by atoms with van der Waals surface area (Å²) in [7, 11) is 0. The van der Waals surface area contributed by atoms with E-state index >= 15 is 0 Å². The van der Waals surface area contributed by atoms with Crippen LogP contribution in [0, 0.1) is 0 Å². The Kier molecular flexibility index (Phi) is 2.44. The van der Waals surface area contributed by atoms with E-state index in [0.717, 1.165) is 4.57 Å². The van der Waals surface area contributed by atoms with Gasteiger partial charge in [0.2, 0.25) is 0 Å². The van der Waals surface area contributed by atoms with Gasteiger partial charge in [-0.15, -0.1) is 0 Å². The molecule has 12 heavy (non-hydrogen) atoms. The van der Waals surface area contributed by atoms with Gasteiger partial charge in [-0.05, 0) is 6.44 Å². The molecule has 0 aromatic carbocycles. The van der Waals surface area contributed by atoms with Gasteiger partial charge in [0.05, 0.1) is 0 Å². The van der Waals surface area contributed by atoms with Crippen LogP contribution in [0.3, 0.4) is 0 Å². The average Bonchev–Trinajstić information content (AvgIpc) is 2.31. The largest absolute Gasteiger partial charge is 0.497 e. The lowest BCUT2D eigenvalue weighted by molar-refractivity contribution is 0.442. The third kappa shape index (κ3) is 2.28. The molecule has 0 fully saturated rings. The highest BCUT2D eigenvalue weighted by Crippen LogP contribution is 2.12. The lowest BCUT2D eigenvalue weighted by Crippen LogP contribution is -2.24. The van der Waals surface area contributed by atoms with E-state index in [1.807, 2.05) is 0 Å². The van der Waals surface area contributed by atoms with Gasteiger partial charge in [0, 0.05) is 18.8 Å². The first-order valence-corrected chi connectivity index (χ1v) is 3.74. The molecule has 0 spiro atoms. The van der Waals surface area contributed by atoms with Crippen molar-refractivity contribution in [3.8, 4) is 0 Å². The Morgan fingerprint density at radius 1 is 1.50 bits per heavy atom. The van der Waals surface area contributed by atoms with Crippen LogP contribution in [0.2, 0.25) is 0 Å². The monoisotopic (exact) mass is 177 g/mol. The van der Waals surface area contributed by atoms with Gasteiger partial charge in [-0.1, -0.05) is 6.92 Å². The van der Waals surface area contributed by atoms with Crippen LogP contribution in [0.25, 0.3) is 0 Å². The number of aryl methyl sites for hydroxylation is 1. The molecule has 1 heterocycles. The smallest absolute Gasteiger partial charge is 0.448 e. The van der Waals surface area contributed by atoms with Crippen molar-refractivity contribution >= 4 is 6.98 Å². The third-order valence-corrected chi connectivity index (χ3v) is 1.52. The molecule has 6 heteroatoms. The number of rotatable bonds is 3. The SMILES string of the molecule is CCc1nccn1C[B-](F)(F)F. The summed E-state index contributed by atoms with van der Waals surface area (Å²) in [5.74, 6) is 0.481. The fraction of sp³-hybridized carbons (Fsp3) is 0.500. The second kappa shape index (κ2) is 3.20. The van der Waals surface area contributed by atoms with Gasteiger partial charge in [-0.3, -0.25) is 0 Å². The Morgan fingerprint density at radius 2 is 2.17 bits per heavy atom. The van der Waals surface area contributed by atoms with Crippen LogP contribution in [-0.2, 0) is 12.9 Å². The van der Waals surface area contributed by atoms with Crippen LogP contribution in [0.15, 0.2) is 12.4 Å². The molecule has 0 aliphatic heterocycles. The lowest BCUT2D eigenvalue weighted by Gasteiger charge is -2.15. The molecule has 0 unspecified atom stereocenters. The van der Waals surface area contributed by atoms with E-state index in [0.29, 0.717) is 12.2 Å². The summed E-state index contributed by atoms with van der Waals surface area (Å²) in [6.07, 6.45) is 2.39. The molecule has 1 aromatic rings. The van der Waals surface area contributed by atoms with Crippen molar-refractivity contribution in [3.05, 3.63) is 18.2 Å². The molecule has 0 N–H and O–H groups in total. The second-order valence-corrected chi connectivity index (χ2v) is 2.56. The van der Waals surface area contributed by atoms with Gasteiger partial charge in [-0.25, -0.2) is 4.98 Å². The first-order valence-electron chi connectivity index (χ1n) is 3.74. The van der Waals surface area contributed by atoms with E-state index in [-0.39, 0.29) is 0 Å².